The molecule has 3 rings (SSSR count). The predicted molar refractivity (Wildman–Crippen MR) is 84.9 cm³/mol. The molecule has 0 spiro atoms. The molecule has 1 saturated heterocycles. The van der Waals surface area contributed by atoms with Crippen LogP contribution >= 0.6 is 0 Å². The molecule has 2 heterocycles. The number of rotatable bonds is 4. The van der Waals surface area contributed by atoms with Crippen molar-refractivity contribution in [1.82, 2.24) is 4.98 Å². The first kappa shape index (κ1) is 14.1. The quantitative estimate of drug-likeness (QED) is 0.934. The molecule has 21 heavy (non-hydrogen) atoms. The normalized spacial score (nSPS) is 17.6. The van der Waals surface area contributed by atoms with E-state index in [1.165, 1.54) is 0 Å². The fraction of sp³-hybridized carbons (Fsp3) is 0.471. The van der Waals surface area contributed by atoms with Gasteiger partial charge >= 0.3 is 0 Å². The number of ether oxygens (including phenoxy) is 2. The van der Waals surface area contributed by atoms with E-state index in [-0.39, 0.29) is 0 Å². The fourth-order valence-corrected chi connectivity index (χ4v) is 2.95. The van der Waals surface area contributed by atoms with Gasteiger partial charge in [-0.25, -0.2) is 4.98 Å². The van der Waals surface area contributed by atoms with Gasteiger partial charge in [0.15, 0.2) is 0 Å². The summed E-state index contributed by atoms with van der Waals surface area (Å²) in [6.45, 7) is 3.98. The number of hydrogen-bond donors (Lipinski definition) is 1. The molecule has 4 heteroatoms. The van der Waals surface area contributed by atoms with Gasteiger partial charge < -0.3 is 14.8 Å². The van der Waals surface area contributed by atoms with E-state index >= 15 is 0 Å². The number of methoxy groups -OCH3 is 1. The second-order valence-corrected chi connectivity index (χ2v) is 5.63. The minimum Gasteiger partial charge on any atom is -0.497 e. The van der Waals surface area contributed by atoms with Gasteiger partial charge in [-0.3, -0.25) is 0 Å². The van der Waals surface area contributed by atoms with Gasteiger partial charge in [-0.15, -0.1) is 0 Å². The second-order valence-electron chi connectivity index (χ2n) is 5.63. The lowest BCUT2D eigenvalue weighted by Gasteiger charge is -2.29. The number of fused-ring (bicyclic) bond motifs is 1. The first-order chi connectivity index (χ1) is 10.3. The van der Waals surface area contributed by atoms with Crippen LogP contribution in [-0.2, 0) is 4.74 Å². The Labute approximate surface area is 125 Å². The molecular weight excluding hydrogens is 264 g/mol. The summed E-state index contributed by atoms with van der Waals surface area (Å²) in [6, 6.07) is 8.51. The summed E-state index contributed by atoms with van der Waals surface area (Å²) in [7, 11) is 1.69. The summed E-state index contributed by atoms with van der Waals surface area (Å²) < 4.78 is 10.7. The van der Waals surface area contributed by atoms with E-state index in [0.717, 1.165) is 48.4 Å². The molecule has 0 amide bonds. The van der Waals surface area contributed by atoms with Crippen LogP contribution in [0.25, 0.3) is 10.8 Å². The first-order valence-electron chi connectivity index (χ1n) is 7.55. The number of anilines is 1. The molecule has 112 valence electrons. The van der Waals surface area contributed by atoms with Crippen LogP contribution in [0.4, 0.5) is 5.82 Å². The summed E-state index contributed by atoms with van der Waals surface area (Å²) in [5, 5.41) is 5.87. The van der Waals surface area contributed by atoms with Crippen molar-refractivity contribution in [1.29, 1.82) is 0 Å². The Kier molecular flexibility index (Phi) is 4.25. The third kappa shape index (κ3) is 3.10. The van der Waals surface area contributed by atoms with Gasteiger partial charge in [-0.1, -0.05) is 0 Å². The highest BCUT2D eigenvalue weighted by Crippen LogP contribution is 2.27. The van der Waals surface area contributed by atoms with Crippen molar-refractivity contribution in [2.45, 2.75) is 25.8 Å². The Morgan fingerprint density at radius 1 is 1.29 bits per heavy atom. The molecule has 1 aromatic heterocycles. The number of pyridine rings is 1. The SMILES string of the molecule is COc1ccc2c(NC(C)C3CCOCC3)nccc2c1. The number of nitrogens with one attached hydrogen (secondary N) is 1. The van der Waals surface area contributed by atoms with Gasteiger partial charge in [0.25, 0.3) is 0 Å². The van der Waals surface area contributed by atoms with Crippen LogP contribution in [0.3, 0.4) is 0 Å². The summed E-state index contributed by atoms with van der Waals surface area (Å²) in [4.78, 5) is 4.51. The van der Waals surface area contributed by atoms with E-state index in [9.17, 15) is 0 Å². The van der Waals surface area contributed by atoms with Crippen molar-refractivity contribution in [3.8, 4) is 5.75 Å². The number of aromatic nitrogens is 1. The van der Waals surface area contributed by atoms with Gasteiger partial charge in [-0.2, -0.15) is 0 Å². The highest BCUT2D eigenvalue weighted by molar-refractivity contribution is 5.92. The number of benzene rings is 1. The van der Waals surface area contributed by atoms with Crippen LogP contribution < -0.4 is 10.1 Å². The largest absolute Gasteiger partial charge is 0.497 e. The van der Waals surface area contributed by atoms with Crippen molar-refractivity contribution in [2.75, 3.05) is 25.6 Å². The molecule has 1 atom stereocenters. The molecular formula is C17H22N2O2. The lowest BCUT2D eigenvalue weighted by Crippen LogP contribution is -2.31. The average Bonchev–Trinajstić information content (AvgIpc) is 2.55. The molecule has 1 aromatic carbocycles. The molecule has 4 nitrogen and oxygen atoms in total. The maximum Gasteiger partial charge on any atom is 0.134 e. The Morgan fingerprint density at radius 2 is 2.10 bits per heavy atom. The van der Waals surface area contributed by atoms with Gasteiger partial charge in [0.05, 0.1) is 7.11 Å². The minimum atomic E-state index is 0.397. The third-order valence-electron chi connectivity index (χ3n) is 4.31. The van der Waals surface area contributed by atoms with E-state index in [0.29, 0.717) is 12.0 Å². The summed E-state index contributed by atoms with van der Waals surface area (Å²) in [5.74, 6) is 2.47. The zero-order valence-electron chi connectivity index (χ0n) is 12.6. The van der Waals surface area contributed by atoms with E-state index in [2.05, 4.69) is 23.3 Å². The van der Waals surface area contributed by atoms with Crippen LogP contribution in [0.2, 0.25) is 0 Å². The monoisotopic (exact) mass is 286 g/mol. The van der Waals surface area contributed by atoms with E-state index in [1.54, 1.807) is 7.11 Å². The molecule has 1 fully saturated rings. The minimum absolute atomic E-state index is 0.397. The van der Waals surface area contributed by atoms with Crippen LogP contribution in [0.1, 0.15) is 19.8 Å². The topological polar surface area (TPSA) is 43.4 Å². The average molecular weight is 286 g/mol. The van der Waals surface area contributed by atoms with Gasteiger partial charge in [-0.05, 0) is 55.3 Å². The number of hydrogen-bond acceptors (Lipinski definition) is 4. The van der Waals surface area contributed by atoms with Gasteiger partial charge in [0.1, 0.15) is 11.6 Å². The Bertz CT molecular complexity index is 609. The van der Waals surface area contributed by atoms with Crippen molar-refractivity contribution in [2.24, 2.45) is 5.92 Å². The van der Waals surface area contributed by atoms with E-state index in [1.807, 2.05) is 24.4 Å². The highest BCUT2D eigenvalue weighted by atomic mass is 16.5. The van der Waals surface area contributed by atoms with Crippen LogP contribution in [-0.4, -0.2) is 31.3 Å². The maximum absolute atomic E-state index is 5.44. The molecule has 1 aliphatic heterocycles. The Balaban J connectivity index is 1.82. The number of nitrogens with zero attached hydrogens (tertiary/aromatic N) is 1. The predicted octanol–water partition coefficient (Wildman–Crippen LogP) is 3.47. The van der Waals surface area contributed by atoms with Gasteiger partial charge in [0, 0.05) is 30.8 Å². The lowest BCUT2D eigenvalue weighted by atomic mass is 9.93. The molecule has 1 N–H and O–H groups in total. The van der Waals surface area contributed by atoms with Crippen molar-refractivity contribution >= 4 is 16.6 Å². The van der Waals surface area contributed by atoms with Gasteiger partial charge in [0.2, 0.25) is 0 Å². The maximum atomic E-state index is 5.44. The van der Waals surface area contributed by atoms with Crippen molar-refractivity contribution in [3.05, 3.63) is 30.5 Å². The second kappa shape index (κ2) is 6.31. The first-order valence-corrected chi connectivity index (χ1v) is 7.55. The lowest BCUT2D eigenvalue weighted by molar-refractivity contribution is 0.0622. The van der Waals surface area contributed by atoms with Crippen LogP contribution in [0.5, 0.6) is 5.75 Å². The molecule has 0 saturated carbocycles. The van der Waals surface area contributed by atoms with E-state index < -0.39 is 0 Å². The fourth-order valence-electron chi connectivity index (χ4n) is 2.95. The summed E-state index contributed by atoms with van der Waals surface area (Å²) in [5.41, 5.74) is 0. The standard InChI is InChI=1S/C17H22N2O2/c1-12(13-6-9-21-10-7-13)19-17-16-4-3-15(20-2)11-14(16)5-8-18-17/h3-5,8,11-13H,6-7,9-10H2,1-2H3,(H,18,19). The van der Waals surface area contributed by atoms with Crippen molar-refractivity contribution < 1.29 is 9.47 Å². The third-order valence-corrected chi connectivity index (χ3v) is 4.31. The summed E-state index contributed by atoms with van der Waals surface area (Å²) in [6.07, 6.45) is 4.08. The van der Waals surface area contributed by atoms with Crippen LogP contribution in [0, 0.1) is 5.92 Å². The van der Waals surface area contributed by atoms with Crippen molar-refractivity contribution in [3.63, 3.8) is 0 Å². The zero-order valence-corrected chi connectivity index (χ0v) is 12.6. The molecule has 0 bridgehead atoms. The smallest absolute Gasteiger partial charge is 0.134 e. The zero-order chi connectivity index (χ0) is 14.7. The Morgan fingerprint density at radius 3 is 2.86 bits per heavy atom. The highest BCUT2D eigenvalue weighted by Gasteiger charge is 2.21. The summed E-state index contributed by atoms with van der Waals surface area (Å²) >= 11 is 0. The van der Waals surface area contributed by atoms with Crippen LogP contribution in [0.15, 0.2) is 30.5 Å². The Hall–Kier alpha value is -1.81. The molecule has 1 aliphatic rings. The molecule has 0 aliphatic carbocycles. The molecule has 1 unspecified atom stereocenters. The molecule has 2 aromatic rings. The molecule has 0 radical (unpaired) electrons. The van der Waals surface area contributed by atoms with E-state index in [4.69, 9.17) is 9.47 Å².